The summed E-state index contributed by atoms with van der Waals surface area (Å²) in [5, 5.41) is 12.1. The minimum absolute atomic E-state index is 0.158. The average Bonchev–Trinajstić information content (AvgIpc) is 2.71. The molecular weight excluding hydrogens is 505 g/mol. The molecule has 3 aromatic rings. The van der Waals surface area contributed by atoms with Crippen LogP contribution in [0.2, 0.25) is 5.02 Å². The largest absolute Gasteiger partial charge is 0.386 e. The smallest absolute Gasteiger partial charge is 0.157 e. The van der Waals surface area contributed by atoms with Gasteiger partial charge < -0.3 is 11.1 Å². The molecule has 0 aliphatic heterocycles. The van der Waals surface area contributed by atoms with Crippen LogP contribution in [-0.2, 0) is 10.8 Å². The van der Waals surface area contributed by atoms with Gasteiger partial charge in [-0.2, -0.15) is 0 Å². The Labute approximate surface area is 195 Å². The molecule has 0 amide bonds. The average molecular weight is 527 g/mol. The molecule has 2 atom stereocenters. The van der Waals surface area contributed by atoms with Gasteiger partial charge in [0.2, 0.25) is 0 Å². The first-order valence-corrected chi connectivity index (χ1v) is 11.9. The van der Waals surface area contributed by atoms with Gasteiger partial charge in [-0.1, -0.05) is 18.5 Å². The monoisotopic (exact) mass is 525 g/mol. The molecule has 164 valence electrons. The molecule has 0 fully saturated rings. The third-order valence-corrected chi connectivity index (χ3v) is 8.05. The van der Waals surface area contributed by atoms with Gasteiger partial charge in [-0.3, -0.25) is 14.6 Å². The van der Waals surface area contributed by atoms with E-state index in [2.05, 4.69) is 31.2 Å². The summed E-state index contributed by atoms with van der Waals surface area (Å²) in [5.41, 5.74) is 7.22. The standard InChI is InChI=1S/C21H22BrClFN5OS/c1-11(10-31(30)21(2,3)20(25)26)14-7-13(4-5-17(14)24)29-19-18-15(16(22)9-28-19)6-12(23)8-27-18/h4-9,11H,10H2,1-3H3,(H3,25,26)(H,28,29). The predicted molar refractivity (Wildman–Crippen MR) is 129 cm³/mol. The van der Waals surface area contributed by atoms with Crippen molar-refractivity contribution in [3.63, 3.8) is 0 Å². The van der Waals surface area contributed by atoms with Crippen molar-refractivity contribution in [3.05, 3.63) is 57.5 Å². The van der Waals surface area contributed by atoms with E-state index in [0.717, 1.165) is 9.86 Å². The molecule has 0 bridgehead atoms. The molecule has 1 aromatic carbocycles. The fraction of sp³-hybridized carbons (Fsp3) is 0.286. The summed E-state index contributed by atoms with van der Waals surface area (Å²) in [7, 11) is -1.44. The first kappa shape index (κ1) is 23.6. The number of hydrogen-bond acceptors (Lipinski definition) is 5. The lowest BCUT2D eigenvalue weighted by molar-refractivity contribution is 0.597. The van der Waals surface area contributed by atoms with Crippen LogP contribution in [0, 0.1) is 11.2 Å². The van der Waals surface area contributed by atoms with E-state index in [-0.39, 0.29) is 17.5 Å². The van der Waals surface area contributed by atoms with Crippen LogP contribution in [0.5, 0.6) is 0 Å². The molecule has 0 radical (unpaired) electrons. The Hall–Kier alpha value is -2.10. The number of benzene rings is 1. The maximum Gasteiger partial charge on any atom is 0.157 e. The van der Waals surface area contributed by atoms with Gasteiger partial charge in [0.1, 0.15) is 17.2 Å². The Morgan fingerprint density at radius 3 is 2.74 bits per heavy atom. The summed E-state index contributed by atoms with van der Waals surface area (Å²) in [4.78, 5) is 8.75. The molecule has 2 unspecified atom stereocenters. The zero-order valence-corrected chi connectivity index (χ0v) is 20.3. The summed E-state index contributed by atoms with van der Waals surface area (Å²) >= 11 is 9.51. The second kappa shape index (κ2) is 9.18. The van der Waals surface area contributed by atoms with E-state index in [1.165, 1.54) is 12.3 Å². The first-order valence-electron chi connectivity index (χ1n) is 9.40. The number of pyridine rings is 2. The Bertz CT molecular complexity index is 1190. The second-order valence-corrected chi connectivity index (χ2v) is 11.0. The van der Waals surface area contributed by atoms with Crippen LogP contribution in [0.4, 0.5) is 15.9 Å². The molecule has 0 saturated carbocycles. The number of nitrogens with zero attached hydrogens (tertiary/aromatic N) is 2. The lowest BCUT2D eigenvalue weighted by atomic mass is 10.0. The number of amidine groups is 1. The van der Waals surface area contributed by atoms with E-state index in [1.54, 1.807) is 45.2 Å². The number of aromatic nitrogens is 2. The third-order valence-electron chi connectivity index (χ3n) is 5.05. The Balaban J connectivity index is 1.90. The lowest BCUT2D eigenvalue weighted by Crippen LogP contribution is -2.43. The Kier molecular flexibility index (Phi) is 6.98. The van der Waals surface area contributed by atoms with Crippen LogP contribution >= 0.6 is 27.5 Å². The normalized spacial score (nSPS) is 13.7. The van der Waals surface area contributed by atoms with Crippen LogP contribution in [0.25, 0.3) is 10.9 Å². The first-order chi connectivity index (χ1) is 14.5. The van der Waals surface area contributed by atoms with Crippen LogP contribution in [0.3, 0.4) is 0 Å². The van der Waals surface area contributed by atoms with Crippen LogP contribution in [-0.4, -0.2) is 30.5 Å². The van der Waals surface area contributed by atoms with Crippen molar-refractivity contribution in [2.24, 2.45) is 5.73 Å². The van der Waals surface area contributed by atoms with Crippen molar-refractivity contribution in [1.82, 2.24) is 9.97 Å². The number of rotatable bonds is 7. The Morgan fingerprint density at radius 1 is 1.35 bits per heavy atom. The highest BCUT2D eigenvalue weighted by molar-refractivity contribution is 9.10. The van der Waals surface area contributed by atoms with Gasteiger partial charge in [0.25, 0.3) is 0 Å². The maximum absolute atomic E-state index is 14.6. The minimum Gasteiger partial charge on any atom is -0.386 e. The van der Waals surface area contributed by atoms with E-state index in [9.17, 15) is 8.60 Å². The van der Waals surface area contributed by atoms with Crippen molar-refractivity contribution in [2.45, 2.75) is 31.4 Å². The predicted octanol–water partition coefficient (Wildman–Crippen LogP) is 5.50. The SMILES string of the molecule is CC(CS(=O)C(C)(C)C(=N)N)c1cc(Nc2ncc(Br)c3cc(Cl)cnc23)ccc1F. The number of halogens is 3. The van der Waals surface area contributed by atoms with Crippen molar-refractivity contribution in [3.8, 4) is 0 Å². The highest BCUT2D eigenvalue weighted by Crippen LogP contribution is 2.32. The summed E-state index contributed by atoms with van der Waals surface area (Å²) in [6, 6.07) is 6.42. The van der Waals surface area contributed by atoms with E-state index >= 15 is 0 Å². The van der Waals surface area contributed by atoms with E-state index in [4.69, 9.17) is 22.7 Å². The van der Waals surface area contributed by atoms with Gasteiger partial charge in [0.15, 0.2) is 5.82 Å². The molecule has 6 nitrogen and oxygen atoms in total. The zero-order valence-electron chi connectivity index (χ0n) is 17.2. The number of anilines is 2. The van der Waals surface area contributed by atoms with E-state index in [1.807, 2.05) is 0 Å². The van der Waals surface area contributed by atoms with Gasteiger partial charge in [-0.25, -0.2) is 9.37 Å². The van der Waals surface area contributed by atoms with Crippen molar-refractivity contribution in [1.29, 1.82) is 5.41 Å². The maximum atomic E-state index is 14.6. The Morgan fingerprint density at radius 2 is 2.06 bits per heavy atom. The molecule has 4 N–H and O–H groups in total. The van der Waals surface area contributed by atoms with Crippen molar-refractivity contribution < 1.29 is 8.60 Å². The van der Waals surface area contributed by atoms with Crippen LogP contribution in [0.1, 0.15) is 32.3 Å². The van der Waals surface area contributed by atoms with Gasteiger partial charge >= 0.3 is 0 Å². The summed E-state index contributed by atoms with van der Waals surface area (Å²) in [6.07, 6.45) is 3.18. The van der Waals surface area contributed by atoms with Gasteiger partial charge in [0.05, 0.1) is 9.77 Å². The molecule has 0 spiro atoms. The minimum atomic E-state index is -1.44. The fourth-order valence-corrected chi connectivity index (χ4v) is 4.80. The number of hydrogen-bond donors (Lipinski definition) is 3. The highest BCUT2D eigenvalue weighted by Gasteiger charge is 2.31. The molecule has 2 heterocycles. The van der Waals surface area contributed by atoms with E-state index < -0.39 is 21.4 Å². The van der Waals surface area contributed by atoms with Crippen molar-refractivity contribution in [2.75, 3.05) is 11.1 Å². The molecule has 10 heteroatoms. The second-order valence-electron chi connectivity index (χ2n) is 7.70. The number of nitrogens with one attached hydrogen (secondary N) is 2. The van der Waals surface area contributed by atoms with Crippen molar-refractivity contribution >= 4 is 66.6 Å². The van der Waals surface area contributed by atoms with Crippen LogP contribution < -0.4 is 11.1 Å². The molecule has 3 rings (SSSR count). The molecular formula is C21H22BrClFN5OS. The van der Waals surface area contributed by atoms with Gasteiger partial charge in [-0.05, 0) is 65.5 Å². The molecule has 31 heavy (non-hydrogen) atoms. The van der Waals surface area contributed by atoms with Gasteiger partial charge in [0, 0.05) is 44.5 Å². The summed E-state index contributed by atoms with van der Waals surface area (Å²) in [5.74, 6) is -0.231. The molecule has 0 aliphatic carbocycles. The fourth-order valence-electron chi connectivity index (χ4n) is 2.94. The lowest BCUT2D eigenvalue weighted by Gasteiger charge is -2.24. The van der Waals surface area contributed by atoms with Gasteiger partial charge in [-0.15, -0.1) is 0 Å². The quantitative estimate of drug-likeness (QED) is 0.279. The highest BCUT2D eigenvalue weighted by atomic mass is 79.9. The topological polar surface area (TPSA) is 105 Å². The molecule has 0 saturated heterocycles. The van der Waals surface area contributed by atoms with Crippen LogP contribution in [0.15, 0.2) is 41.1 Å². The summed E-state index contributed by atoms with van der Waals surface area (Å²) < 4.78 is 27.1. The molecule has 0 aliphatic rings. The van der Waals surface area contributed by atoms with E-state index in [0.29, 0.717) is 27.6 Å². The number of nitrogens with two attached hydrogens (primary N) is 1. The summed E-state index contributed by atoms with van der Waals surface area (Å²) in [6.45, 7) is 5.10. The molecule has 2 aromatic heterocycles. The zero-order chi connectivity index (χ0) is 22.9. The number of fused-ring (bicyclic) bond motifs is 1. The third kappa shape index (κ3) is 5.05.